The summed E-state index contributed by atoms with van der Waals surface area (Å²) in [6.45, 7) is 3.76. The molecule has 0 aromatic carbocycles. The fourth-order valence-electron chi connectivity index (χ4n) is 3.28. The second-order valence-corrected chi connectivity index (χ2v) is 6.21. The van der Waals surface area contributed by atoms with Crippen molar-refractivity contribution in [2.24, 2.45) is 11.3 Å². The van der Waals surface area contributed by atoms with E-state index in [1.54, 1.807) is 0 Å². The van der Waals surface area contributed by atoms with Crippen LogP contribution in [-0.4, -0.2) is 51.3 Å². The summed E-state index contributed by atoms with van der Waals surface area (Å²) in [4.78, 5) is 14.2. The average molecular weight is 269 g/mol. The highest BCUT2D eigenvalue weighted by Crippen LogP contribution is 2.42. The van der Waals surface area contributed by atoms with Crippen LogP contribution in [0.2, 0.25) is 0 Å². The summed E-state index contributed by atoms with van der Waals surface area (Å²) in [5, 5.41) is 0. The zero-order valence-corrected chi connectivity index (χ0v) is 12.3. The van der Waals surface area contributed by atoms with E-state index in [0.717, 1.165) is 51.5 Å². The largest absolute Gasteiger partial charge is 0.469 e. The van der Waals surface area contributed by atoms with Gasteiger partial charge < -0.3 is 14.4 Å². The minimum Gasteiger partial charge on any atom is -0.469 e. The Labute approximate surface area is 116 Å². The minimum atomic E-state index is -0.209. The van der Waals surface area contributed by atoms with Gasteiger partial charge in [-0.15, -0.1) is 0 Å². The van der Waals surface area contributed by atoms with Gasteiger partial charge in [-0.3, -0.25) is 4.79 Å². The predicted molar refractivity (Wildman–Crippen MR) is 74.0 cm³/mol. The molecule has 1 saturated carbocycles. The molecule has 2 fully saturated rings. The van der Waals surface area contributed by atoms with Crippen LogP contribution in [-0.2, 0) is 14.3 Å². The number of methoxy groups -OCH3 is 1. The Morgan fingerprint density at radius 2 is 2.05 bits per heavy atom. The quantitative estimate of drug-likeness (QED) is 0.692. The first kappa shape index (κ1) is 14.8. The SMILES string of the molecule is COC(=O)C1(CN(C)CCC2CCOCC2)CCC1. The monoisotopic (exact) mass is 269 g/mol. The summed E-state index contributed by atoms with van der Waals surface area (Å²) < 4.78 is 10.4. The second kappa shape index (κ2) is 6.71. The lowest BCUT2D eigenvalue weighted by Gasteiger charge is -2.41. The topological polar surface area (TPSA) is 38.8 Å². The van der Waals surface area contributed by atoms with Crippen LogP contribution < -0.4 is 0 Å². The molecule has 0 radical (unpaired) electrons. The molecule has 4 heteroatoms. The Morgan fingerprint density at radius 1 is 1.37 bits per heavy atom. The van der Waals surface area contributed by atoms with Gasteiger partial charge in [0.2, 0.25) is 0 Å². The number of nitrogens with zero attached hydrogens (tertiary/aromatic N) is 1. The molecule has 110 valence electrons. The van der Waals surface area contributed by atoms with Gasteiger partial charge in [0.25, 0.3) is 0 Å². The van der Waals surface area contributed by atoms with Gasteiger partial charge in [-0.05, 0) is 51.6 Å². The molecular formula is C15H27NO3. The van der Waals surface area contributed by atoms with Gasteiger partial charge in [0.05, 0.1) is 12.5 Å². The average Bonchev–Trinajstić information content (AvgIpc) is 2.41. The van der Waals surface area contributed by atoms with E-state index in [2.05, 4.69) is 11.9 Å². The van der Waals surface area contributed by atoms with Gasteiger partial charge in [-0.2, -0.15) is 0 Å². The number of rotatable bonds is 6. The maximum absolute atomic E-state index is 11.9. The predicted octanol–water partition coefficient (Wildman–Crippen LogP) is 2.08. The molecule has 2 aliphatic rings. The Bertz CT molecular complexity index is 296. The van der Waals surface area contributed by atoms with Crippen LogP contribution in [0.1, 0.15) is 38.5 Å². The van der Waals surface area contributed by atoms with Crippen molar-refractivity contribution in [2.45, 2.75) is 38.5 Å². The highest BCUT2D eigenvalue weighted by Gasteiger charge is 2.45. The van der Waals surface area contributed by atoms with Crippen LogP contribution in [0.3, 0.4) is 0 Å². The lowest BCUT2D eigenvalue weighted by molar-refractivity contribution is -0.159. The summed E-state index contributed by atoms with van der Waals surface area (Å²) in [5.41, 5.74) is -0.209. The molecule has 1 saturated heterocycles. The van der Waals surface area contributed by atoms with Crippen LogP contribution >= 0.6 is 0 Å². The Balaban J connectivity index is 1.73. The molecule has 0 spiro atoms. The van der Waals surface area contributed by atoms with E-state index in [0.29, 0.717) is 0 Å². The molecule has 1 aliphatic heterocycles. The molecule has 4 nitrogen and oxygen atoms in total. The normalized spacial score (nSPS) is 23.1. The highest BCUT2D eigenvalue weighted by molar-refractivity contribution is 5.78. The first-order valence-electron chi connectivity index (χ1n) is 7.51. The third-order valence-electron chi connectivity index (χ3n) is 4.76. The third-order valence-corrected chi connectivity index (χ3v) is 4.76. The first-order chi connectivity index (χ1) is 9.16. The van der Waals surface area contributed by atoms with Crippen molar-refractivity contribution < 1.29 is 14.3 Å². The number of hydrogen-bond acceptors (Lipinski definition) is 4. The standard InChI is InChI=1S/C15H27NO3/c1-16(9-4-13-5-10-19-11-6-13)12-15(7-3-8-15)14(17)18-2/h13H,3-12H2,1-2H3. The van der Waals surface area contributed by atoms with E-state index in [-0.39, 0.29) is 11.4 Å². The van der Waals surface area contributed by atoms with Crippen LogP contribution in [0.4, 0.5) is 0 Å². The van der Waals surface area contributed by atoms with Gasteiger partial charge in [0.15, 0.2) is 0 Å². The summed E-state index contributed by atoms with van der Waals surface area (Å²) in [6, 6.07) is 0. The highest BCUT2D eigenvalue weighted by atomic mass is 16.5. The van der Waals surface area contributed by atoms with Crippen LogP contribution in [0.15, 0.2) is 0 Å². The van der Waals surface area contributed by atoms with Gasteiger partial charge >= 0.3 is 5.97 Å². The molecular weight excluding hydrogens is 242 g/mol. The molecule has 0 aromatic heterocycles. The van der Waals surface area contributed by atoms with E-state index in [4.69, 9.17) is 9.47 Å². The van der Waals surface area contributed by atoms with Crippen molar-refractivity contribution in [3.05, 3.63) is 0 Å². The molecule has 0 unspecified atom stereocenters. The number of carbonyl (C=O) groups is 1. The maximum Gasteiger partial charge on any atom is 0.313 e. The summed E-state index contributed by atoms with van der Waals surface area (Å²) in [7, 11) is 3.63. The fraction of sp³-hybridized carbons (Fsp3) is 0.933. The first-order valence-corrected chi connectivity index (χ1v) is 7.51. The number of carbonyl (C=O) groups excluding carboxylic acids is 1. The summed E-state index contributed by atoms with van der Waals surface area (Å²) in [5.74, 6) is 0.781. The van der Waals surface area contributed by atoms with Crippen LogP contribution in [0.5, 0.6) is 0 Å². The van der Waals surface area contributed by atoms with Gasteiger partial charge in [-0.25, -0.2) is 0 Å². The Morgan fingerprint density at radius 3 is 2.58 bits per heavy atom. The zero-order valence-electron chi connectivity index (χ0n) is 12.3. The maximum atomic E-state index is 11.9. The lowest BCUT2D eigenvalue weighted by atomic mass is 9.68. The fourth-order valence-corrected chi connectivity index (χ4v) is 3.28. The molecule has 19 heavy (non-hydrogen) atoms. The van der Waals surface area contributed by atoms with Gasteiger partial charge in [-0.1, -0.05) is 6.42 Å². The van der Waals surface area contributed by atoms with E-state index in [9.17, 15) is 4.79 Å². The zero-order chi connectivity index (χ0) is 13.7. The number of esters is 1. The Kier molecular flexibility index (Phi) is 5.22. The minimum absolute atomic E-state index is 0.0170. The molecule has 0 N–H and O–H groups in total. The van der Waals surface area contributed by atoms with E-state index in [1.165, 1.54) is 26.4 Å². The number of hydrogen-bond donors (Lipinski definition) is 0. The van der Waals surface area contributed by atoms with Crippen molar-refractivity contribution in [1.82, 2.24) is 4.90 Å². The smallest absolute Gasteiger partial charge is 0.313 e. The van der Waals surface area contributed by atoms with Crippen molar-refractivity contribution in [3.63, 3.8) is 0 Å². The molecule has 0 amide bonds. The number of ether oxygens (including phenoxy) is 2. The van der Waals surface area contributed by atoms with E-state index >= 15 is 0 Å². The van der Waals surface area contributed by atoms with E-state index < -0.39 is 0 Å². The molecule has 0 aromatic rings. The second-order valence-electron chi connectivity index (χ2n) is 6.21. The van der Waals surface area contributed by atoms with Gasteiger partial charge in [0.1, 0.15) is 0 Å². The van der Waals surface area contributed by atoms with Crippen molar-refractivity contribution in [1.29, 1.82) is 0 Å². The summed E-state index contributed by atoms with van der Waals surface area (Å²) >= 11 is 0. The molecule has 0 atom stereocenters. The van der Waals surface area contributed by atoms with Crippen LogP contribution in [0.25, 0.3) is 0 Å². The Hall–Kier alpha value is -0.610. The van der Waals surface area contributed by atoms with Crippen molar-refractivity contribution in [3.8, 4) is 0 Å². The molecule has 1 aliphatic carbocycles. The van der Waals surface area contributed by atoms with E-state index in [1.807, 2.05) is 0 Å². The lowest BCUT2D eigenvalue weighted by Crippen LogP contribution is -2.47. The summed E-state index contributed by atoms with van der Waals surface area (Å²) in [6.07, 6.45) is 6.73. The van der Waals surface area contributed by atoms with Crippen LogP contribution in [0, 0.1) is 11.3 Å². The molecule has 2 rings (SSSR count). The van der Waals surface area contributed by atoms with Crippen molar-refractivity contribution in [2.75, 3.05) is 40.5 Å². The van der Waals surface area contributed by atoms with Crippen molar-refractivity contribution >= 4 is 5.97 Å². The van der Waals surface area contributed by atoms with Gasteiger partial charge in [0, 0.05) is 19.8 Å². The molecule has 0 bridgehead atoms. The third kappa shape index (κ3) is 3.69. The molecule has 1 heterocycles.